The van der Waals surface area contributed by atoms with Crippen LogP contribution in [-0.2, 0) is 0 Å². The molecule has 7 heteroatoms. The Labute approximate surface area is 82.9 Å². The number of rotatable bonds is 2. The molecule has 0 bridgehead atoms. The van der Waals surface area contributed by atoms with Gasteiger partial charge in [-0.15, -0.1) is 0 Å². The molecule has 0 aromatic carbocycles. The van der Waals surface area contributed by atoms with E-state index in [2.05, 4.69) is 4.98 Å². The van der Waals surface area contributed by atoms with E-state index >= 15 is 0 Å². The zero-order chi connectivity index (χ0) is 10.9. The molecule has 0 fully saturated rings. The number of pyridine rings is 1. The SMILES string of the molecule is NC(=O)c1cc(C(F)F)c(Cl)c(N)n1. The Kier molecular flexibility index (Phi) is 2.85. The third kappa shape index (κ3) is 1.90. The number of nitrogens with zero attached hydrogens (tertiary/aromatic N) is 1. The van der Waals surface area contributed by atoms with Gasteiger partial charge in [0, 0.05) is 5.56 Å². The summed E-state index contributed by atoms with van der Waals surface area (Å²) in [5.41, 5.74) is 9.19. The van der Waals surface area contributed by atoms with E-state index in [1.165, 1.54) is 0 Å². The number of alkyl halides is 2. The molecule has 1 amide bonds. The van der Waals surface area contributed by atoms with Crippen LogP contribution in [0.3, 0.4) is 0 Å². The van der Waals surface area contributed by atoms with E-state index in [-0.39, 0.29) is 16.5 Å². The summed E-state index contributed by atoms with van der Waals surface area (Å²) in [4.78, 5) is 14.1. The third-order valence-electron chi connectivity index (χ3n) is 1.50. The van der Waals surface area contributed by atoms with Crippen LogP contribution < -0.4 is 11.5 Å². The van der Waals surface area contributed by atoms with Gasteiger partial charge in [-0.25, -0.2) is 13.8 Å². The van der Waals surface area contributed by atoms with Crippen molar-refractivity contribution in [2.45, 2.75) is 6.43 Å². The second-order valence-corrected chi connectivity index (χ2v) is 2.84. The molecule has 0 spiro atoms. The van der Waals surface area contributed by atoms with Crippen LogP contribution in [0.2, 0.25) is 5.02 Å². The van der Waals surface area contributed by atoms with Crippen molar-refractivity contribution in [2.75, 3.05) is 5.73 Å². The minimum Gasteiger partial charge on any atom is -0.382 e. The van der Waals surface area contributed by atoms with Gasteiger partial charge in [0.2, 0.25) is 0 Å². The number of carbonyl (C=O) groups excluding carboxylic acids is 1. The molecule has 1 heterocycles. The highest BCUT2D eigenvalue weighted by atomic mass is 35.5. The van der Waals surface area contributed by atoms with Crippen LogP contribution >= 0.6 is 11.6 Å². The maximum Gasteiger partial charge on any atom is 0.267 e. The van der Waals surface area contributed by atoms with E-state index in [1.807, 2.05) is 0 Å². The van der Waals surface area contributed by atoms with Crippen molar-refractivity contribution in [3.8, 4) is 0 Å². The molecule has 14 heavy (non-hydrogen) atoms. The Bertz CT molecular complexity index is 383. The van der Waals surface area contributed by atoms with Gasteiger partial charge < -0.3 is 11.5 Å². The van der Waals surface area contributed by atoms with Crippen LogP contribution in [0.15, 0.2) is 6.07 Å². The molecular formula is C7H6ClF2N3O. The number of carbonyl (C=O) groups is 1. The Hall–Kier alpha value is -1.43. The van der Waals surface area contributed by atoms with E-state index in [9.17, 15) is 13.6 Å². The predicted molar refractivity (Wildman–Crippen MR) is 47.1 cm³/mol. The number of hydrogen-bond donors (Lipinski definition) is 2. The lowest BCUT2D eigenvalue weighted by Gasteiger charge is -2.06. The molecule has 0 radical (unpaired) electrons. The monoisotopic (exact) mass is 221 g/mol. The third-order valence-corrected chi connectivity index (χ3v) is 1.91. The largest absolute Gasteiger partial charge is 0.382 e. The maximum absolute atomic E-state index is 12.3. The fraction of sp³-hybridized carbons (Fsp3) is 0.143. The Morgan fingerprint density at radius 3 is 2.57 bits per heavy atom. The molecule has 1 rings (SSSR count). The Morgan fingerprint density at radius 2 is 2.14 bits per heavy atom. The Morgan fingerprint density at radius 1 is 1.57 bits per heavy atom. The minimum atomic E-state index is -2.83. The summed E-state index contributed by atoms with van der Waals surface area (Å²) in [5, 5.41) is -0.356. The van der Waals surface area contributed by atoms with Crippen molar-refractivity contribution in [3.63, 3.8) is 0 Å². The van der Waals surface area contributed by atoms with Crippen molar-refractivity contribution >= 4 is 23.3 Å². The molecule has 76 valence electrons. The van der Waals surface area contributed by atoms with Crippen LogP contribution in [0.4, 0.5) is 14.6 Å². The number of primary amides is 1. The van der Waals surface area contributed by atoms with Crippen molar-refractivity contribution in [1.82, 2.24) is 4.98 Å². The fourth-order valence-electron chi connectivity index (χ4n) is 0.855. The van der Waals surface area contributed by atoms with E-state index in [0.29, 0.717) is 0 Å². The molecule has 0 aliphatic carbocycles. The number of amides is 1. The van der Waals surface area contributed by atoms with Gasteiger partial charge in [0.15, 0.2) is 0 Å². The smallest absolute Gasteiger partial charge is 0.267 e. The lowest BCUT2D eigenvalue weighted by atomic mass is 10.2. The van der Waals surface area contributed by atoms with Gasteiger partial charge in [0.25, 0.3) is 12.3 Å². The van der Waals surface area contributed by atoms with Gasteiger partial charge in [-0.1, -0.05) is 11.6 Å². The first-order chi connectivity index (χ1) is 6.43. The van der Waals surface area contributed by atoms with Gasteiger partial charge in [-0.05, 0) is 6.07 Å². The molecule has 1 aromatic heterocycles. The first-order valence-electron chi connectivity index (χ1n) is 3.47. The summed E-state index contributed by atoms with van der Waals surface area (Å²) in [7, 11) is 0. The topological polar surface area (TPSA) is 82.0 Å². The van der Waals surface area contributed by atoms with Crippen LogP contribution in [0, 0.1) is 0 Å². The van der Waals surface area contributed by atoms with E-state index in [1.54, 1.807) is 0 Å². The van der Waals surface area contributed by atoms with Gasteiger partial charge in [0.05, 0.1) is 5.02 Å². The van der Waals surface area contributed by atoms with Crippen LogP contribution in [0.1, 0.15) is 22.5 Å². The highest BCUT2D eigenvalue weighted by Crippen LogP contribution is 2.30. The zero-order valence-corrected chi connectivity index (χ0v) is 7.55. The van der Waals surface area contributed by atoms with E-state index in [4.69, 9.17) is 23.1 Å². The number of nitrogen functional groups attached to an aromatic ring is 1. The zero-order valence-electron chi connectivity index (χ0n) is 6.80. The number of anilines is 1. The average Bonchev–Trinajstić information content (AvgIpc) is 2.08. The predicted octanol–water partition coefficient (Wildman–Crippen LogP) is 1.35. The minimum absolute atomic E-state index is 0.331. The quantitative estimate of drug-likeness (QED) is 0.791. The molecule has 4 nitrogen and oxygen atoms in total. The van der Waals surface area contributed by atoms with Gasteiger partial charge >= 0.3 is 0 Å². The normalized spacial score (nSPS) is 10.6. The van der Waals surface area contributed by atoms with Crippen LogP contribution in [0.5, 0.6) is 0 Å². The van der Waals surface area contributed by atoms with Crippen molar-refractivity contribution in [2.24, 2.45) is 5.73 Å². The van der Waals surface area contributed by atoms with Crippen molar-refractivity contribution < 1.29 is 13.6 Å². The first-order valence-corrected chi connectivity index (χ1v) is 3.85. The van der Waals surface area contributed by atoms with Crippen molar-refractivity contribution in [3.05, 3.63) is 22.3 Å². The summed E-state index contributed by atoms with van der Waals surface area (Å²) < 4.78 is 24.7. The second kappa shape index (κ2) is 3.75. The van der Waals surface area contributed by atoms with Crippen LogP contribution in [-0.4, -0.2) is 10.9 Å². The summed E-state index contributed by atoms with van der Waals surface area (Å²) in [6.45, 7) is 0. The number of halogens is 3. The van der Waals surface area contributed by atoms with E-state index < -0.39 is 17.9 Å². The van der Waals surface area contributed by atoms with Gasteiger partial charge in [-0.2, -0.15) is 0 Å². The molecule has 0 saturated carbocycles. The lowest BCUT2D eigenvalue weighted by molar-refractivity contribution is 0.0995. The summed E-state index contributed by atoms with van der Waals surface area (Å²) in [6, 6.07) is 0.825. The van der Waals surface area contributed by atoms with Crippen molar-refractivity contribution in [1.29, 1.82) is 0 Å². The standard InChI is InChI=1S/C7H6ClF2N3O/c8-4-2(5(9)10)1-3(7(12)14)13-6(4)11/h1,5H,(H2,11,13)(H2,12,14). The highest BCUT2D eigenvalue weighted by Gasteiger charge is 2.18. The molecule has 0 atom stereocenters. The van der Waals surface area contributed by atoms with Gasteiger partial charge in [-0.3, -0.25) is 4.79 Å². The molecule has 0 unspecified atom stereocenters. The maximum atomic E-state index is 12.3. The van der Waals surface area contributed by atoms with Gasteiger partial charge in [0.1, 0.15) is 11.5 Å². The lowest BCUT2D eigenvalue weighted by Crippen LogP contribution is -2.15. The highest BCUT2D eigenvalue weighted by molar-refractivity contribution is 6.33. The summed E-state index contributed by atoms with van der Waals surface area (Å²) in [5.74, 6) is -1.27. The molecule has 4 N–H and O–H groups in total. The average molecular weight is 222 g/mol. The summed E-state index contributed by atoms with van der Waals surface area (Å²) >= 11 is 5.45. The molecule has 1 aromatic rings. The molecule has 0 aliphatic heterocycles. The fourth-order valence-corrected chi connectivity index (χ4v) is 1.03. The number of nitrogens with two attached hydrogens (primary N) is 2. The van der Waals surface area contributed by atoms with E-state index in [0.717, 1.165) is 6.07 Å². The first kappa shape index (κ1) is 10.6. The molecular weight excluding hydrogens is 216 g/mol. The number of aromatic nitrogens is 1. The number of hydrogen-bond acceptors (Lipinski definition) is 3. The molecule has 0 aliphatic rings. The second-order valence-electron chi connectivity index (χ2n) is 2.46. The summed E-state index contributed by atoms with van der Waals surface area (Å²) in [6.07, 6.45) is -2.83. The van der Waals surface area contributed by atoms with Crippen LogP contribution in [0.25, 0.3) is 0 Å². The molecule has 0 saturated heterocycles. The Balaban J connectivity index is 3.35.